The van der Waals surface area contributed by atoms with Crippen LogP contribution < -0.4 is 5.32 Å². The highest BCUT2D eigenvalue weighted by atomic mass is 32.2. The van der Waals surface area contributed by atoms with Gasteiger partial charge in [-0.05, 0) is 32.8 Å². The lowest BCUT2D eigenvalue weighted by Crippen LogP contribution is -2.43. The molecule has 0 spiro atoms. The summed E-state index contributed by atoms with van der Waals surface area (Å²) >= 11 is 1.68. The Morgan fingerprint density at radius 2 is 2.11 bits per heavy atom. The van der Waals surface area contributed by atoms with Crippen LogP contribution in [0.2, 0.25) is 0 Å². The van der Waals surface area contributed by atoms with Crippen molar-refractivity contribution in [2.75, 3.05) is 32.6 Å². The summed E-state index contributed by atoms with van der Waals surface area (Å²) in [5.74, 6) is -3.28. The average Bonchev–Trinajstić information content (AvgIpc) is 2.68. The van der Waals surface area contributed by atoms with Crippen molar-refractivity contribution >= 4 is 29.2 Å². The van der Waals surface area contributed by atoms with Gasteiger partial charge < -0.3 is 14.8 Å². The molecule has 9 heteroatoms. The Morgan fingerprint density at radius 1 is 1.39 bits per heavy atom. The molecule has 1 amide bonds. The molecule has 3 aliphatic rings. The fourth-order valence-electron chi connectivity index (χ4n) is 2.97. The van der Waals surface area contributed by atoms with E-state index in [1.165, 1.54) is 13.2 Å². The largest absolute Gasteiger partial charge is 0.381 e. The van der Waals surface area contributed by atoms with Crippen LogP contribution in [0.4, 0.5) is 8.78 Å². The normalized spacial score (nSPS) is 25.4. The fourth-order valence-corrected chi connectivity index (χ4v) is 4.03. The van der Waals surface area contributed by atoms with Gasteiger partial charge in [0, 0.05) is 25.6 Å². The number of carbonyl (C=O) groups is 1. The van der Waals surface area contributed by atoms with Gasteiger partial charge in [-0.1, -0.05) is 0 Å². The molecular formula is C19H25F2N3O3S. The number of fused-ring (bicyclic) bond motifs is 1. The monoisotopic (exact) mass is 413 g/mol. The molecule has 0 aromatic carbocycles. The van der Waals surface area contributed by atoms with Crippen molar-refractivity contribution in [1.29, 1.82) is 0 Å². The van der Waals surface area contributed by atoms with Crippen LogP contribution in [0.1, 0.15) is 26.7 Å². The first kappa shape index (κ1) is 21.1. The van der Waals surface area contributed by atoms with E-state index >= 15 is 0 Å². The number of ether oxygens (including phenoxy) is 2. The smallest absolute Gasteiger partial charge is 0.241 e. The zero-order chi connectivity index (χ0) is 20.3. The third-order valence-corrected chi connectivity index (χ3v) is 6.25. The Balaban J connectivity index is 1.78. The van der Waals surface area contributed by atoms with Crippen LogP contribution in [0.5, 0.6) is 0 Å². The zero-order valence-electron chi connectivity index (χ0n) is 16.3. The molecule has 1 atom stereocenters. The van der Waals surface area contributed by atoms with E-state index in [9.17, 15) is 13.6 Å². The molecule has 1 unspecified atom stereocenters. The van der Waals surface area contributed by atoms with Crippen LogP contribution >= 0.6 is 11.8 Å². The van der Waals surface area contributed by atoms with Crippen molar-refractivity contribution in [3.8, 4) is 0 Å². The average molecular weight is 413 g/mol. The van der Waals surface area contributed by atoms with Crippen LogP contribution in [-0.2, 0) is 14.3 Å². The van der Waals surface area contributed by atoms with Crippen molar-refractivity contribution in [2.24, 2.45) is 15.9 Å². The van der Waals surface area contributed by atoms with Gasteiger partial charge in [-0.3, -0.25) is 9.79 Å². The highest BCUT2D eigenvalue weighted by molar-refractivity contribution is 8.00. The zero-order valence-corrected chi connectivity index (χ0v) is 17.1. The van der Waals surface area contributed by atoms with Crippen LogP contribution in [-0.4, -0.2) is 60.9 Å². The Kier molecular flexibility index (Phi) is 6.67. The van der Waals surface area contributed by atoms with E-state index < -0.39 is 29.1 Å². The number of hydrogen-bond acceptors (Lipinski definition) is 6. The molecular weight excluding hydrogens is 388 g/mol. The number of thioether (sulfide) groups is 1. The van der Waals surface area contributed by atoms with Gasteiger partial charge in [0.05, 0.1) is 29.3 Å². The number of nitrogens with zero attached hydrogens (tertiary/aromatic N) is 2. The van der Waals surface area contributed by atoms with E-state index in [1.807, 2.05) is 0 Å². The van der Waals surface area contributed by atoms with Crippen molar-refractivity contribution in [3.63, 3.8) is 0 Å². The van der Waals surface area contributed by atoms with Crippen LogP contribution in [0, 0.1) is 5.92 Å². The quantitative estimate of drug-likeness (QED) is 0.727. The van der Waals surface area contributed by atoms with Gasteiger partial charge in [-0.2, -0.15) is 11.8 Å². The van der Waals surface area contributed by atoms with Gasteiger partial charge in [-0.25, -0.2) is 13.8 Å². The number of halogens is 2. The van der Waals surface area contributed by atoms with Crippen LogP contribution in [0.3, 0.4) is 0 Å². The van der Waals surface area contributed by atoms with Crippen molar-refractivity contribution in [1.82, 2.24) is 5.32 Å². The van der Waals surface area contributed by atoms with E-state index in [2.05, 4.69) is 15.3 Å². The molecule has 2 aliphatic heterocycles. The van der Waals surface area contributed by atoms with Gasteiger partial charge in [0.25, 0.3) is 0 Å². The number of rotatable bonds is 6. The third-order valence-electron chi connectivity index (χ3n) is 4.87. The molecule has 6 nitrogen and oxygen atoms in total. The topological polar surface area (TPSA) is 72.3 Å². The minimum Gasteiger partial charge on any atom is -0.381 e. The minimum absolute atomic E-state index is 0.149. The number of methoxy groups -OCH3 is 1. The lowest BCUT2D eigenvalue weighted by molar-refractivity contribution is -0.122. The molecule has 154 valence electrons. The van der Waals surface area contributed by atoms with Crippen molar-refractivity contribution < 1.29 is 23.0 Å². The minimum atomic E-state index is -1.36. The van der Waals surface area contributed by atoms with E-state index in [4.69, 9.17) is 9.47 Å². The predicted octanol–water partition coefficient (Wildman–Crippen LogP) is 2.96. The predicted molar refractivity (Wildman–Crippen MR) is 106 cm³/mol. The highest BCUT2D eigenvalue weighted by Gasteiger charge is 2.39. The Labute approximate surface area is 167 Å². The second-order valence-corrected chi connectivity index (χ2v) is 8.79. The van der Waals surface area contributed by atoms with Crippen molar-refractivity contribution in [2.45, 2.75) is 37.5 Å². The van der Waals surface area contributed by atoms with Gasteiger partial charge in [0.15, 0.2) is 11.7 Å². The lowest BCUT2D eigenvalue weighted by atomic mass is 9.93. The Morgan fingerprint density at radius 3 is 2.79 bits per heavy atom. The number of carbonyl (C=O) groups excluding carboxylic acids is 1. The second kappa shape index (κ2) is 8.84. The molecule has 0 bridgehead atoms. The van der Waals surface area contributed by atoms with Gasteiger partial charge in [0.1, 0.15) is 11.8 Å². The first-order valence-electron chi connectivity index (χ1n) is 9.25. The number of amidine groups is 1. The summed E-state index contributed by atoms with van der Waals surface area (Å²) in [4.78, 5) is 20.9. The molecule has 0 aromatic rings. The van der Waals surface area contributed by atoms with E-state index in [1.54, 1.807) is 25.6 Å². The highest BCUT2D eigenvalue weighted by Crippen LogP contribution is 2.34. The van der Waals surface area contributed by atoms with Gasteiger partial charge >= 0.3 is 0 Å². The van der Waals surface area contributed by atoms with Crippen molar-refractivity contribution in [3.05, 3.63) is 23.4 Å². The molecule has 1 fully saturated rings. The molecule has 0 aromatic heterocycles. The third kappa shape index (κ3) is 4.87. The standard InChI is InChI=1S/C19H25F2N3O3S/c1-19(2,26-3)10-22-13-8-12-15(17(21)16(13)20)18(25)24-14(23-12)9-28-11-4-6-27-7-5-11/h8,11,15H,4-7,9-10H2,1-3H3,(H,23,24,25). The van der Waals surface area contributed by atoms with Crippen LogP contribution in [0.25, 0.3) is 0 Å². The molecule has 1 N–H and O–H groups in total. The van der Waals surface area contributed by atoms with Crippen LogP contribution in [0.15, 0.2) is 33.4 Å². The maximum Gasteiger partial charge on any atom is 0.241 e. The summed E-state index contributed by atoms with van der Waals surface area (Å²) in [6.45, 7) is 5.21. The molecule has 1 saturated heterocycles. The summed E-state index contributed by atoms with van der Waals surface area (Å²) in [5, 5.41) is 3.04. The first-order chi connectivity index (χ1) is 13.3. The van der Waals surface area contributed by atoms with Gasteiger partial charge in [0.2, 0.25) is 5.91 Å². The number of allylic oxidation sites excluding steroid dienone is 2. The second-order valence-electron chi connectivity index (χ2n) is 7.50. The Bertz CT molecular complexity index is 756. The first-order valence-corrected chi connectivity index (χ1v) is 10.3. The van der Waals surface area contributed by atoms with E-state index in [-0.39, 0.29) is 18.0 Å². The Hall–Kier alpha value is -1.58. The van der Waals surface area contributed by atoms with Gasteiger partial charge in [-0.15, -0.1) is 0 Å². The number of hydrogen-bond donors (Lipinski definition) is 1. The summed E-state index contributed by atoms with van der Waals surface area (Å²) in [6, 6.07) is 0. The SMILES string of the molecule is COC(C)(C)CN=C1C=C2N=C(CSC3CCOCC3)NC(=O)C2C(F)=C1F. The maximum atomic E-state index is 14.5. The van der Waals surface area contributed by atoms with E-state index in [0.717, 1.165) is 26.1 Å². The number of aliphatic imine (C=N–C) groups is 2. The number of amides is 1. The summed E-state index contributed by atoms with van der Waals surface area (Å²) in [6.07, 6.45) is 3.25. The van der Waals surface area contributed by atoms with E-state index in [0.29, 0.717) is 16.8 Å². The molecule has 2 heterocycles. The molecule has 0 radical (unpaired) electrons. The summed E-state index contributed by atoms with van der Waals surface area (Å²) < 4.78 is 39.5. The maximum absolute atomic E-state index is 14.5. The molecule has 1 aliphatic carbocycles. The molecule has 3 rings (SSSR count). The summed E-state index contributed by atoms with van der Waals surface area (Å²) in [7, 11) is 1.53. The fraction of sp³-hybridized carbons (Fsp3) is 0.632. The summed E-state index contributed by atoms with van der Waals surface area (Å²) in [5.41, 5.74) is -0.583. The molecule has 0 saturated carbocycles. The lowest BCUT2D eigenvalue weighted by Gasteiger charge is -2.27. The number of nitrogens with one attached hydrogen (secondary N) is 1. The molecule has 28 heavy (non-hydrogen) atoms.